The molecular formula is C14H16N4OS. The van der Waals surface area contributed by atoms with Gasteiger partial charge in [0.15, 0.2) is 5.17 Å². The number of amides is 1. The van der Waals surface area contributed by atoms with Gasteiger partial charge in [-0.25, -0.2) is 0 Å². The number of carbonyl (C=O) groups excluding carboxylic acids is 1. The molecule has 1 amide bonds. The first-order chi connectivity index (χ1) is 9.72. The molecule has 0 unspecified atom stereocenters. The molecule has 6 heteroatoms. The molecule has 0 spiro atoms. The lowest BCUT2D eigenvalue weighted by Crippen LogP contribution is -2.46. The zero-order valence-electron chi connectivity index (χ0n) is 11.3. The molecule has 0 bridgehead atoms. The molecule has 0 aliphatic carbocycles. The van der Waals surface area contributed by atoms with Crippen molar-refractivity contribution in [2.75, 3.05) is 33.2 Å². The Labute approximate surface area is 122 Å². The highest BCUT2D eigenvalue weighted by Crippen LogP contribution is 2.30. The van der Waals surface area contributed by atoms with E-state index >= 15 is 0 Å². The van der Waals surface area contributed by atoms with Crippen molar-refractivity contribution < 1.29 is 4.79 Å². The minimum atomic E-state index is -0.146. The number of aromatic nitrogens is 1. The summed E-state index contributed by atoms with van der Waals surface area (Å²) in [4.78, 5) is 25.3. The molecule has 20 heavy (non-hydrogen) atoms. The van der Waals surface area contributed by atoms with Crippen molar-refractivity contribution in [3.63, 3.8) is 0 Å². The molecule has 0 saturated carbocycles. The Kier molecular flexibility index (Phi) is 3.84. The number of rotatable bonds is 1. The lowest BCUT2D eigenvalue weighted by atomic mass is 10.2. The molecule has 3 heterocycles. The number of thioether (sulfide) groups is 1. The van der Waals surface area contributed by atoms with Crippen LogP contribution < -0.4 is 0 Å². The fourth-order valence-corrected chi connectivity index (χ4v) is 3.11. The lowest BCUT2D eigenvalue weighted by Gasteiger charge is -2.32. The maximum atomic E-state index is 12.0. The highest BCUT2D eigenvalue weighted by atomic mass is 32.2. The van der Waals surface area contributed by atoms with Crippen LogP contribution in [0.3, 0.4) is 0 Å². The Balaban J connectivity index is 1.71. The van der Waals surface area contributed by atoms with Crippen molar-refractivity contribution in [1.29, 1.82) is 0 Å². The molecule has 1 aromatic heterocycles. The van der Waals surface area contributed by atoms with Crippen molar-refractivity contribution in [1.82, 2.24) is 14.8 Å². The second kappa shape index (κ2) is 5.76. The normalized spacial score (nSPS) is 22.4. The predicted molar refractivity (Wildman–Crippen MR) is 81.3 cm³/mol. The van der Waals surface area contributed by atoms with Gasteiger partial charge in [0.1, 0.15) is 0 Å². The van der Waals surface area contributed by atoms with Gasteiger partial charge < -0.3 is 9.80 Å². The maximum absolute atomic E-state index is 12.0. The number of hydrogen-bond acceptors (Lipinski definition) is 5. The summed E-state index contributed by atoms with van der Waals surface area (Å²) in [6, 6.07) is 3.79. The van der Waals surface area contributed by atoms with Crippen LogP contribution in [0.1, 0.15) is 5.56 Å². The average molecular weight is 288 g/mol. The molecule has 1 fully saturated rings. The van der Waals surface area contributed by atoms with E-state index in [0.29, 0.717) is 4.91 Å². The van der Waals surface area contributed by atoms with Crippen LogP contribution in [0.5, 0.6) is 0 Å². The van der Waals surface area contributed by atoms with Gasteiger partial charge in [-0.3, -0.25) is 9.78 Å². The van der Waals surface area contributed by atoms with Gasteiger partial charge in [0, 0.05) is 38.6 Å². The highest BCUT2D eigenvalue weighted by molar-refractivity contribution is 8.18. The van der Waals surface area contributed by atoms with E-state index < -0.39 is 0 Å². The Bertz CT molecular complexity index is 562. The molecule has 1 aromatic rings. The molecular weight excluding hydrogens is 272 g/mol. The van der Waals surface area contributed by atoms with Crippen LogP contribution >= 0.6 is 11.8 Å². The van der Waals surface area contributed by atoms with E-state index in [-0.39, 0.29) is 5.91 Å². The summed E-state index contributed by atoms with van der Waals surface area (Å²) in [5.74, 6) is -0.146. The molecule has 0 aromatic carbocycles. The third-order valence-electron chi connectivity index (χ3n) is 3.37. The summed E-state index contributed by atoms with van der Waals surface area (Å²) in [6.45, 7) is 3.87. The number of carbonyl (C=O) groups is 1. The minimum absolute atomic E-state index is 0.146. The number of aliphatic imine (C=N–C) groups is 1. The number of nitrogens with zero attached hydrogens (tertiary/aromatic N) is 4. The summed E-state index contributed by atoms with van der Waals surface area (Å²) < 4.78 is 0. The fraction of sp³-hybridized carbons (Fsp3) is 0.357. The van der Waals surface area contributed by atoms with E-state index in [0.717, 1.165) is 36.9 Å². The Hall–Kier alpha value is -1.66. The number of likely N-dealkylation sites (N-methyl/N-ethyl adjacent to an activating group) is 1. The van der Waals surface area contributed by atoms with Crippen molar-refractivity contribution in [2.24, 2.45) is 4.99 Å². The molecule has 2 aliphatic rings. The van der Waals surface area contributed by atoms with E-state index in [9.17, 15) is 4.79 Å². The fourth-order valence-electron chi connectivity index (χ4n) is 2.14. The van der Waals surface area contributed by atoms with Crippen molar-refractivity contribution in [3.8, 4) is 0 Å². The monoisotopic (exact) mass is 288 g/mol. The molecule has 0 radical (unpaired) electrons. The zero-order chi connectivity index (χ0) is 13.9. The van der Waals surface area contributed by atoms with Crippen LogP contribution in [0.4, 0.5) is 0 Å². The standard InChI is InChI=1S/C14H16N4OS/c1-17-5-7-18(8-6-17)14-16-13(19)12(20-14)9-11-3-2-4-15-10-11/h2-4,9-10H,5-8H2,1H3. The van der Waals surface area contributed by atoms with Crippen LogP contribution in [-0.4, -0.2) is 59.1 Å². The first-order valence-electron chi connectivity index (χ1n) is 6.58. The molecule has 3 rings (SSSR count). The molecule has 0 N–H and O–H groups in total. The number of pyridine rings is 1. The Morgan fingerprint density at radius 2 is 2.10 bits per heavy atom. The van der Waals surface area contributed by atoms with Crippen molar-refractivity contribution in [3.05, 3.63) is 35.0 Å². The van der Waals surface area contributed by atoms with Gasteiger partial charge in [0.05, 0.1) is 4.91 Å². The summed E-state index contributed by atoms with van der Waals surface area (Å²) in [5.41, 5.74) is 0.929. The van der Waals surface area contributed by atoms with Gasteiger partial charge in [0.2, 0.25) is 0 Å². The number of amidine groups is 1. The molecule has 5 nitrogen and oxygen atoms in total. The van der Waals surface area contributed by atoms with Crippen molar-refractivity contribution >= 4 is 28.9 Å². The summed E-state index contributed by atoms with van der Waals surface area (Å²) in [6.07, 6.45) is 5.32. The van der Waals surface area contributed by atoms with Gasteiger partial charge in [-0.05, 0) is 36.5 Å². The highest BCUT2D eigenvalue weighted by Gasteiger charge is 2.27. The number of hydrogen-bond donors (Lipinski definition) is 0. The molecule has 2 aliphatic heterocycles. The SMILES string of the molecule is CN1CCN(C2=NC(=O)C(=Cc3cccnc3)S2)CC1. The Morgan fingerprint density at radius 1 is 1.30 bits per heavy atom. The molecule has 1 saturated heterocycles. The third-order valence-corrected chi connectivity index (χ3v) is 4.41. The van der Waals surface area contributed by atoms with Crippen LogP contribution in [0, 0.1) is 0 Å². The van der Waals surface area contributed by atoms with Gasteiger partial charge in [-0.15, -0.1) is 0 Å². The average Bonchev–Trinajstić information content (AvgIpc) is 2.82. The van der Waals surface area contributed by atoms with Gasteiger partial charge in [0.25, 0.3) is 5.91 Å². The van der Waals surface area contributed by atoms with Crippen LogP contribution in [0.2, 0.25) is 0 Å². The third kappa shape index (κ3) is 2.91. The van der Waals surface area contributed by atoms with E-state index in [1.807, 2.05) is 18.2 Å². The quantitative estimate of drug-likeness (QED) is 0.729. The number of piperazine rings is 1. The molecule has 0 atom stereocenters. The summed E-state index contributed by atoms with van der Waals surface area (Å²) in [5, 5.41) is 0.832. The Morgan fingerprint density at radius 3 is 2.80 bits per heavy atom. The summed E-state index contributed by atoms with van der Waals surface area (Å²) in [7, 11) is 2.11. The summed E-state index contributed by atoms with van der Waals surface area (Å²) >= 11 is 1.46. The minimum Gasteiger partial charge on any atom is -0.348 e. The van der Waals surface area contributed by atoms with Gasteiger partial charge in [-0.2, -0.15) is 4.99 Å². The zero-order valence-corrected chi connectivity index (χ0v) is 12.1. The van der Waals surface area contributed by atoms with E-state index in [1.165, 1.54) is 11.8 Å². The van der Waals surface area contributed by atoms with E-state index in [1.54, 1.807) is 12.4 Å². The predicted octanol–water partition coefficient (Wildman–Crippen LogP) is 1.30. The van der Waals surface area contributed by atoms with Crippen molar-refractivity contribution in [2.45, 2.75) is 0 Å². The smallest absolute Gasteiger partial charge is 0.286 e. The van der Waals surface area contributed by atoms with Crippen LogP contribution in [-0.2, 0) is 4.79 Å². The topological polar surface area (TPSA) is 48.8 Å². The second-order valence-corrected chi connectivity index (χ2v) is 5.90. The van der Waals surface area contributed by atoms with Crippen LogP contribution in [0.15, 0.2) is 34.4 Å². The first-order valence-corrected chi connectivity index (χ1v) is 7.40. The first kappa shape index (κ1) is 13.3. The second-order valence-electron chi connectivity index (χ2n) is 4.89. The van der Waals surface area contributed by atoms with Crippen LogP contribution in [0.25, 0.3) is 6.08 Å². The lowest BCUT2D eigenvalue weighted by molar-refractivity contribution is -0.113. The van der Waals surface area contributed by atoms with Gasteiger partial charge >= 0.3 is 0 Å². The van der Waals surface area contributed by atoms with Gasteiger partial charge in [-0.1, -0.05) is 6.07 Å². The van der Waals surface area contributed by atoms with E-state index in [4.69, 9.17) is 0 Å². The maximum Gasteiger partial charge on any atom is 0.286 e. The van der Waals surface area contributed by atoms with E-state index in [2.05, 4.69) is 26.8 Å². The molecule has 104 valence electrons. The largest absolute Gasteiger partial charge is 0.348 e.